The number of carbonyl (C=O) groups excluding carboxylic acids is 4. The van der Waals surface area contributed by atoms with Crippen LogP contribution in [0.2, 0.25) is 0 Å². The van der Waals surface area contributed by atoms with Crippen molar-refractivity contribution in [1.82, 2.24) is 29.5 Å². The summed E-state index contributed by atoms with van der Waals surface area (Å²) in [5, 5.41) is 2.39. The molecule has 1 N–H and O–H groups in total. The van der Waals surface area contributed by atoms with Crippen LogP contribution in [0.3, 0.4) is 0 Å². The van der Waals surface area contributed by atoms with Gasteiger partial charge in [-0.15, -0.1) is 0 Å². The van der Waals surface area contributed by atoms with Gasteiger partial charge in [-0.3, -0.25) is 34.2 Å². The van der Waals surface area contributed by atoms with Gasteiger partial charge < -0.3 is 33.6 Å². The lowest BCUT2D eigenvalue weighted by Gasteiger charge is -2.56. The van der Waals surface area contributed by atoms with Crippen molar-refractivity contribution in [3.63, 3.8) is 0 Å². The number of benzene rings is 2. The van der Waals surface area contributed by atoms with E-state index in [1.165, 1.54) is 0 Å². The van der Waals surface area contributed by atoms with E-state index in [0.717, 1.165) is 104 Å². The fourth-order valence-corrected chi connectivity index (χ4v) is 10.8. The number of aromatic nitrogens is 1. The van der Waals surface area contributed by atoms with Gasteiger partial charge in [-0.2, -0.15) is 0 Å². The highest BCUT2D eigenvalue weighted by Gasteiger charge is 2.47. The maximum Gasteiger partial charge on any atom is 0.255 e. The fraction of sp³-hybridized carbons (Fsp3) is 0.543. The maximum absolute atomic E-state index is 13.4. The Hall–Kier alpha value is -5.21. The van der Waals surface area contributed by atoms with Gasteiger partial charge in [0.25, 0.3) is 11.5 Å². The van der Waals surface area contributed by atoms with Crippen molar-refractivity contribution in [3.05, 3.63) is 74.7 Å². The second-order valence-electron chi connectivity index (χ2n) is 18.0. The number of methoxy groups -OCH3 is 2. The number of pyridine rings is 1. The number of fused-ring (bicyclic) bond motifs is 2. The average Bonchev–Trinajstić information content (AvgIpc) is 3.56. The van der Waals surface area contributed by atoms with Crippen molar-refractivity contribution in [2.75, 3.05) is 64.9 Å². The Balaban J connectivity index is 0.789. The molecule has 318 valence electrons. The third-order valence-electron chi connectivity index (χ3n) is 14.6. The zero-order valence-electron chi connectivity index (χ0n) is 35.6. The van der Waals surface area contributed by atoms with E-state index in [9.17, 15) is 24.0 Å². The van der Waals surface area contributed by atoms with E-state index in [-0.39, 0.29) is 35.6 Å². The first-order valence-electron chi connectivity index (χ1n) is 21.6. The van der Waals surface area contributed by atoms with Gasteiger partial charge in [0.1, 0.15) is 17.5 Å². The number of piperidine rings is 2. The van der Waals surface area contributed by atoms with Crippen LogP contribution in [0, 0.1) is 11.3 Å². The van der Waals surface area contributed by atoms with E-state index < -0.39 is 6.04 Å². The highest BCUT2D eigenvalue weighted by Crippen LogP contribution is 2.45. The zero-order valence-corrected chi connectivity index (χ0v) is 35.6. The Labute approximate surface area is 351 Å². The van der Waals surface area contributed by atoms with Gasteiger partial charge in [-0.05, 0) is 92.6 Å². The summed E-state index contributed by atoms with van der Waals surface area (Å²) in [4.78, 5) is 74.2. The molecule has 0 bridgehead atoms. The van der Waals surface area contributed by atoms with Gasteiger partial charge >= 0.3 is 0 Å². The summed E-state index contributed by atoms with van der Waals surface area (Å²) in [6, 6.07) is 10.1. The van der Waals surface area contributed by atoms with Crippen molar-refractivity contribution in [2.24, 2.45) is 18.4 Å². The SMILES string of the molecule is CCC(=O)N1CCc2c(-c3cc(OC)c(CN4CC(C(C)N5CCC6(CC5)CN(c5ccc7c(c5)C(=O)N(C5CCC(=O)NC5=O)C7)C6)C4)c(OC)c3)cn(C)c(=O)c2C1. The molecule has 2 atom stereocenters. The smallest absolute Gasteiger partial charge is 0.255 e. The van der Waals surface area contributed by atoms with Gasteiger partial charge in [0.2, 0.25) is 17.7 Å². The zero-order chi connectivity index (χ0) is 42.0. The molecule has 0 aliphatic carbocycles. The van der Waals surface area contributed by atoms with E-state index >= 15 is 0 Å². The topological polar surface area (TPSA) is 137 Å². The first kappa shape index (κ1) is 40.2. The standard InChI is InChI=1S/C46H57N7O7/c1-6-42(55)51-14-11-33-35(23-48(3)44(57)36(33)25-51)30-17-39(59-4)37(40(18-30)60-5)24-49-20-31(21-49)28(2)50-15-12-46(13-16-50)26-52(27-46)32-8-7-29-22-53(45(58)34(29)19-32)38-9-10-41(54)47-43(38)56/h7-8,17-19,23,28,31,38H,6,9-16,20-22,24-27H2,1-5H3,(H,47,54,56). The van der Waals surface area contributed by atoms with Gasteiger partial charge in [-0.1, -0.05) is 13.0 Å². The molecular formula is C46H57N7O7. The minimum atomic E-state index is -0.598. The molecule has 60 heavy (non-hydrogen) atoms. The minimum absolute atomic E-state index is 0.0615. The lowest BCUT2D eigenvalue weighted by molar-refractivity contribution is -0.137. The number of aryl methyl sites for hydroxylation is 1. The number of carbonyl (C=O) groups is 4. The molecule has 7 heterocycles. The van der Waals surface area contributed by atoms with Gasteiger partial charge in [0.05, 0.1) is 26.3 Å². The van der Waals surface area contributed by atoms with Crippen LogP contribution < -0.4 is 25.2 Å². The molecule has 6 aliphatic heterocycles. The van der Waals surface area contributed by atoms with Crippen LogP contribution in [-0.4, -0.2) is 120 Å². The molecule has 14 heteroatoms. The highest BCUT2D eigenvalue weighted by molar-refractivity contribution is 6.05. The number of amides is 4. The van der Waals surface area contributed by atoms with Crippen molar-refractivity contribution < 1.29 is 28.7 Å². The molecule has 2 unspecified atom stereocenters. The lowest BCUT2D eigenvalue weighted by Crippen LogP contribution is -2.63. The summed E-state index contributed by atoms with van der Waals surface area (Å²) in [7, 11) is 5.16. The molecule has 1 spiro atoms. The molecule has 1 aromatic heterocycles. The first-order chi connectivity index (χ1) is 28.9. The lowest BCUT2D eigenvalue weighted by atomic mass is 9.71. The third-order valence-corrected chi connectivity index (χ3v) is 14.6. The van der Waals surface area contributed by atoms with Crippen LogP contribution in [0.4, 0.5) is 5.69 Å². The summed E-state index contributed by atoms with van der Waals surface area (Å²) in [6.45, 7) is 12.4. The Morgan fingerprint density at radius 2 is 1.63 bits per heavy atom. The highest BCUT2D eigenvalue weighted by atomic mass is 16.5. The minimum Gasteiger partial charge on any atom is -0.496 e. The average molecular weight is 820 g/mol. The number of nitrogens with one attached hydrogen (secondary N) is 1. The summed E-state index contributed by atoms with van der Waals surface area (Å²) >= 11 is 0. The molecular weight excluding hydrogens is 763 g/mol. The Kier molecular flexibility index (Phi) is 10.5. The normalized spacial score (nSPS) is 22.2. The van der Waals surface area contributed by atoms with Crippen LogP contribution >= 0.6 is 0 Å². The number of likely N-dealkylation sites (tertiary alicyclic amines) is 2. The largest absolute Gasteiger partial charge is 0.496 e. The number of rotatable bonds is 10. The number of hydrogen-bond donors (Lipinski definition) is 1. The van der Waals surface area contributed by atoms with E-state index in [1.807, 2.05) is 25.3 Å². The molecule has 9 rings (SSSR count). The molecule has 0 radical (unpaired) electrons. The quantitative estimate of drug-likeness (QED) is 0.303. The van der Waals surface area contributed by atoms with Crippen molar-refractivity contribution in [3.8, 4) is 22.6 Å². The van der Waals surface area contributed by atoms with Crippen LogP contribution in [-0.2, 0) is 47.5 Å². The van der Waals surface area contributed by atoms with Crippen molar-refractivity contribution in [2.45, 2.75) is 84.1 Å². The van der Waals surface area contributed by atoms with Gasteiger partial charge in [-0.25, -0.2) is 0 Å². The summed E-state index contributed by atoms with van der Waals surface area (Å²) in [5.41, 5.74) is 7.50. The number of nitrogens with zero attached hydrogens (tertiary/aromatic N) is 6. The molecule has 2 aromatic carbocycles. The maximum atomic E-state index is 13.4. The van der Waals surface area contributed by atoms with Crippen molar-refractivity contribution in [1.29, 1.82) is 0 Å². The monoisotopic (exact) mass is 819 g/mol. The van der Waals surface area contributed by atoms with Crippen LogP contribution in [0.5, 0.6) is 11.5 Å². The molecule has 0 saturated carbocycles. The van der Waals surface area contributed by atoms with Crippen LogP contribution in [0.15, 0.2) is 41.3 Å². The fourth-order valence-electron chi connectivity index (χ4n) is 10.8. The van der Waals surface area contributed by atoms with E-state index in [4.69, 9.17) is 9.47 Å². The summed E-state index contributed by atoms with van der Waals surface area (Å²) in [6.07, 6.45) is 5.88. The first-order valence-corrected chi connectivity index (χ1v) is 21.6. The second kappa shape index (κ2) is 15.7. The van der Waals surface area contributed by atoms with Crippen molar-refractivity contribution >= 4 is 29.3 Å². The van der Waals surface area contributed by atoms with Crippen LogP contribution in [0.1, 0.15) is 78.6 Å². The Bertz CT molecular complexity index is 2280. The Morgan fingerprint density at radius 3 is 2.30 bits per heavy atom. The van der Waals surface area contributed by atoms with Gasteiger partial charge in [0.15, 0.2) is 0 Å². The van der Waals surface area contributed by atoms with Crippen LogP contribution in [0.25, 0.3) is 11.1 Å². The van der Waals surface area contributed by atoms with E-state index in [2.05, 4.69) is 45.1 Å². The molecule has 4 fully saturated rings. The molecule has 4 amide bonds. The number of hydrogen-bond acceptors (Lipinski definition) is 10. The molecule has 3 aromatic rings. The van der Waals surface area contributed by atoms with E-state index in [0.29, 0.717) is 67.4 Å². The molecule has 6 aliphatic rings. The number of anilines is 1. The number of imide groups is 1. The Morgan fingerprint density at radius 1 is 0.917 bits per heavy atom. The predicted octanol–water partition coefficient (Wildman–Crippen LogP) is 3.55. The summed E-state index contributed by atoms with van der Waals surface area (Å²) < 4.78 is 13.6. The molecule has 4 saturated heterocycles. The summed E-state index contributed by atoms with van der Waals surface area (Å²) in [5.74, 6) is 1.38. The number of ether oxygens (including phenoxy) is 2. The third kappa shape index (κ3) is 7.04. The van der Waals surface area contributed by atoms with Gasteiger partial charge in [0, 0.05) is 106 Å². The predicted molar refractivity (Wildman–Crippen MR) is 226 cm³/mol. The molecule has 14 nitrogen and oxygen atoms in total. The van der Waals surface area contributed by atoms with E-state index in [1.54, 1.807) is 35.6 Å². The second-order valence-corrected chi connectivity index (χ2v) is 18.0.